The summed E-state index contributed by atoms with van der Waals surface area (Å²) >= 11 is 0. The third-order valence-corrected chi connectivity index (χ3v) is 9.34. The number of fused-ring (bicyclic) bond motifs is 4. The Morgan fingerprint density at radius 3 is 2.72 bits per heavy atom. The fourth-order valence-electron chi connectivity index (χ4n) is 7.02. The molecular weight excluding hydrogens is 546 g/mol. The quantitative estimate of drug-likeness (QED) is 0.268. The maximum absolute atomic E-state index is 13.6. The Bertz CT molecular complexity index is 1900. The number of carbonyl (C=O) groups excluding carboxylic acids is 2. The van der Waals surface area contributed by atoms with Gasteiger partial charge in [-0.15, -0.1) is 0 Å². The lowest BCUT2D eigenvalue weighted by atomic mass is 9.93. The van der Waals surface area contributed by atoms with E-state index >= 15 is 0 Å². The molecule has 0 bridgehead atoms. The standard InChI is InChI=1S/C31H33N9O3/c1-38-16-20(15-34-38)27-25(17-6-9-24-18(10-17)14-35-40(24)22-4-3-5-22)26-28-19(12-32-29(26)37-27)13-33-30(41)39(28)23-8-7-21(11-23)36-31(42)43-2/h6,9-10,12,14-16,21-23H,3-5,7-8,11,13H2,1-2H3,(H,32,37)(H,33,41)(H,36,42)/t21-,23-/m1/s1. The van der Waals surface area contributed by atoms with Gasteiger partial charge in [-0.2, -0.15) is 10.2 Å². The average molecular weight is 580 g/mol. The minimum Gasteiger partial charge on any atom is -0.453 e. The van der Waals surface area contributed by atoms with Gasteiger partial charge in [0.2, 0.25) is 0 Å². The van der Waals surface area contributed by atoms with E-state index in [4.69, 9.17) is 14.8 Å². The highest BCUT2D eigenvalue weighted by atomic mass is 16.5. The number of nitrogens with zero attached hydrogens (tertiary/aromatic N) is 6. The number of carbonyl (C=O) groups is 2. The molecule has 1 aliphatic heterocycles. The van der Waals surface area contributed by atoms with Crippen molar-refractivity contribution < 1.29 is 14.3 Å². The summed E-state index contributed by atoms with van der Waals surface area (Å²) in [4.78, 5) is 35.9. The van der Waals surface area contributed by atoms with E-state index < -0.39 is 6.09 Å². The smallest absolute Gasteiger partial charge is 0.407 e. The van der Waals surface area contributed by atoms with Gasteiger partial charge in [-0.25, -0.2) is 14.6 Å². The van der Waals surface area contributed by atoms with Crippen molar-refractivity contribution in [3.63, 3.8) is 0 Å². The monoisotopic (exact) mass is 579 g/mol. The van der Waals surface area contributed by atoms with Gasteiger partial charge in [0.05, 0.1) is 47.8 Å². The van der Waals surface area contributed by atoms with Crippen LogP contribution in [0.4, 0.5) is 15.3 Å². The number of urea groups is 1. The number of hydrogen-bond acceptors (Lipinski definition) is 6. The third-order valence-electron chi connectivity index (χ3n) is 9.34. The maximum atomic E-state index is 13.6. The maximum Gasteiger partial charge on any atom is 0.407 e. The van der Waals surface area contributed by atoms with Crippen LogP contribution in [0.2, 0.25) is 0 Å². The van der Waals surface area contributed by atoms with Crippen LogP contribution < -0.4 is 15.5 Å². The molecule has 0 radical (unpaired) electrons. The summed E-state index contributed by atoms with van der Waals surface area (Å²) in [7, 11) is 3.26. The number of benzene rings is 1. The first-order valence-corrected chi connectivity index (χ1v) is 14.9. The molecule has 0 spiro atoms. The van der Waals surface area contributed by atoms with E-state index in [9.17, 15) is 9.59 Å². The number of H-pyrrole nitrogens is 1. The predicted octanol–water partition coefficient (Wildman–Crippen LogP) is 5.01. The van der Waals surface area contributed by atoms with Crippen molar-refractivity contribution >= 4 is 39.7 Å². The molecule has 4 aromatic heterocycles. The van der Waals surface area contributed by atoms with Crippen LogP contribution in [0.3, 0.4) is 0 Å². The lowest BCUT2D eigenvalue weighted by molar-refractivity contribution is 0.166. The highest BCUT2D eigenvalue weighted by molar-refractivity contribution is 6.14. The number of nitrogens with one attached hydrogen (secondary N) is 3. The molecule has 5 aromatic rings. The summed E-state index contributed by atoms with van der Waals surface area (Å²) in [5.41, 5.74) is 7.49. The van der Waals surface area contributed by atoms with Crippen LogP contribution >= 0.6 is 0 Å². The van der Waals surface area contributed by atoms with Crippen LogP contribution in [0.15, 0.2) is 43.0 Å². The van der Waals surface area contributed by atoms with Crippen molar-refractivity contribution in [2.75, 3.05) is 12.0 Å². The Morgan fingerprint density at radius 2 is 1.95 bits per heavy atom. The zero-order valence-electron chi connectivity index (χ0n) is 24.1. The second kappa shape index (κ2) is 9.85. The molecule has 2 atom stereocenters. The van der Waals surface area contributed by atoms with Crippen molar-refractivity contribution in [3.05, 3.63) is 48.5 Å². The first-order chi connectivity index (χ1) is 21.0. The third kappa shape index (κ3) is 4.15. The number of aromatic amines is 1. The molecule has 3 aliphatic rings. The van der Waals surface area contributed by atoms with Crippen LogP contribution in [0, 0.1) is 0 Å². The fraction of sp³-hybridized carbons (Fsp3) is 0.387. The van der Waals surface area contributed by atoms with E-state index in [0.717, 1.165) is 62.8 Å². The van der Waals surface area contributed by atoms with E-state index in [1.54, 1.807) is 4.68 Å². The van der Waals surface area contributed by atoms with Gasteiger partial charge < -0.3 is 20.4 Å². The van der Waals surface area contributed by atoms with Crippen LogP contribution in [-0.4, -0.2) is 60.8 Å². The Balaban J connectivity index is 1.31. The highest BCUT2D eigenvalue weighted by Gasteiger charge is 2.39. The molecule has 5 heterocycles. The Kier molecular flexibility index (Phi) is 5.92. The van der Waals surface area contributed by atoms with E-state index in [1.807, 2.05) is 36.7 Å². The molecule has 12 heteroatoms. The Hall–Kier alpha value is -4.87. The van der Waals surface area contributed by atoms with Crippen LogP contribution in [0.5, 0.6) is 0 Å². The molecule has 3 N–H and O–H groups in total. The summed E-state index contributed by atoms with van der Waals surface area (Å²) in [6.07, 6.45) is 12.9. The van der Waals surface area contributed by atoms with E-state index in [2.05, 4.69) is 43.6 Å². The summed E-state index contributed by atoms with van der Waals surface area (Å²) < 4.78 is 8.77. The lowest BCUT2D eigenvalue weighted by Crippen LogP contribution is -2.49. The van der Waals surface area contributed by atoms with Gasteiger partial charge in [-0.1, -0.05) is 6.07 Å². The van der Waals surface area contributed by atoms with Crippen LogP contribution in [0.1, 0.15) is 50.1 Å². The molecule has 43 heavy (non-hydrogen) atoms. The van der Waals surface area contributed by atoms with E-state index in [-0.39, 0.29) is 18.1 Å². The van der Waals surface area contributed by atoms with Crippen molar-refractivity contribution in [2.24, 2.45) is 7.05 Å². The number of alkyl carbamates (subject to hydrolysis) is 1. The minimum atomic E-state index is -0.453. The molecule has 8 rings (SSSR count). The van der Waals surface area contributed by atoms with Gasteiger partial charge in [0.15, 0.2) is 0 Å². The number of rotatable bonds is 5. The van der Waals surface area contributed by atoms with Crippen molar-refractivity contribution in [1.82, 2.24) is 40.2 Å². The number of anilines is 1. The van der Waals surface area contributed by atoms with Gasteiger partial charge in [0.1, 0.15) is 5.65 Å². The first kappa shape index (κ1) is 25.8. The molecular formula is C31H33N9O3. The molecule has 3 amide bonds. The SMILES string of the molecule is COC(=O)N[C@@H]1CC[C@@H](N2C(=O)NCc3cnc4[nH]c(-c5cnn(C)c5)c(-c5ccc6c(cnn6C6CCC6)c5)c4c32)C1. The van der Waals surface area contributed by atoms with Gasteiger partial charge in [-0.3, -0.25) is 14.3 Å². The highest BCUT2D eigenvalue weighted by Crippen LogP contribution is 2.46. The number of methoxy groups -OCH3 is 1. The number of pyridine rings is 1. The zero-order valence-corrected chi connectivity index (χ0v) is 24.1. The average Bonchev–Trinajstić information content (AvgIpc) is 3.78. The molecule has 1 aromatic carbocycles. The summed E-state index contributed by atoms with van der Waals surface area (Å²) in [6, 6.07) is 6.66. The molecule has 2 aliphatic carbocycles. The van der Waals surface area contributed by atoms with Crippen molar-refractivity contribution in [3.8, 4) is 22.4 Å². The van der Waals surface area contributed by atoms with Crippen LogP contribution in [-0.2, 0) is 18.3 Å². The van der Waals surface area contributed by atoms with Gasteiger partial charge in [0, 0.05) is 60.1 Å². The van der Waals surface area contributed by atoms with Gasteiger partial charge in [0.25, 0.3) is 0 Å². The molecule has 220 valence electrons. The predicted molar refractivity (Wildman–Crippen MR) is 162 cm³/mol. The van der Waals surface area contributed by atoms with Crippen molar-refractivity contribution in [2.45, 2.75) is 63.2 Å². The van der Waals surface area contributed by atoms with E-state index in [1.165, 1.54) is 26.4 Å². The number of amides is 3. The largest absolute Gasteiger partial charge is 0.453 e. The van der Waals surface area contributed by atoms with Crippen LogP contribution in [0.25, 0.3) is 44.3 Å². The number of aryl methyl sites for hydroxylation is 1. The molecule has 12 nitrogen and oxygen atoms in total. The second-order valence-corrected chi connectivity index (χ2v) is 11.9. The zero-order chi connectivity index (χ0) is 29.2. The summed E-state index contributed by atoms with van der Waals surface area (Å²) in [5, 5.41) is 17.1. The number of ether oxygens (including phenoxy) is 1. The first-order valence-electron chi connectivity index (χ1n) is 14.9. The fourth-order valence-corrected chi connectivity index (χ4v) is 7.02. The topological polar surface area (TPSA) is 135 Å². The molecule has 2 fully saturated rings. The summed E-state index contributed by atoms with van der Waals surface area (Å²) in [5.74, 6) is 0. The molecule has 2 saturated carbocycles. The van der Waals surface area contributed by atoms with Crippen molar-refractivity contribution in [1.29, 1.82) is 0 Å². The Morgan fingerprint density at radius 1 is 1.07 bits per heavy atom. The molecule has 0 saturated heterocycles. The van der Waals surface area contributed by atoms with Gasteiger partial charge in [-0.05, 0) is 56.2 Å². The normalized spacial score (nSPS) is 20.3. The van der Waals surface area contributed by atoms with Gasteiger partial charge >= 0.3 is 12.1 Å². The minimum absolute atomic E-state index is 0.0702. The molecule has 0 unspecified atom stereocenters. The second-order valence-electron chi connectivity index (χ2n) is 11.9. The summed E-state index contributed by atoms with van der Waals surface area (Å²) in [6.45, 7) is 0.393. The number of aromatic nitrogens is 6. The Labute approximate surface area is 247 Å². The van der Waals surface area contributed by atoms with E-state index in [0.29, 0.717) is 24.7 Å². The number of hydrogen-bond donors (Lipinski definition) is 3. The lowest BCUT2D eigenvalue weighted by Gasteiger charge is -2.35.